The van der Waals surface area contributed by atoms with Gasteiger partial charge in [0, 0.05) is 50.7 Å². The highest BCUT2D eigenvalue weighted by Crippen LogP contribution is 2.20. The van der Waals surface area contributed by atoms with E-state index in [0.717, 1.165) is 16.3 Å². The Labute approximate surface area is 133 Å². The van der Waals surface area contributed by atoms with Crippen molar-refractivity contribution < 1.29 is 8.42 Å². The van der Waals surface area contributed by atoms with Gasteiger partial charge in [0.25, 0.3) is 10.2 Å². The summed E-state index contributed by atoms with van der Waals surface area (Å²) in [4.78, 5) is 12.0. The van der Waals surface area contributed by atoms with Crippen LogP contribution in [0.2, 0.25) is 0 Å². The summed E-state index contributed by atoms with van der Waals surface area (Å²) in [5.41, 5.74) is 1.02. The first-order chi connectivity index (χ1) is 10.5. The van der Waals surface area contributed by atoms with E-state index in [4.69, 9.17) is 5.14 Å². The minimum Gasteiger partial charge on any atom is -0.296 e. The molecular formula is C13H17N5O2S2. The maximum atomic E-state index is 11.3. The number of nitrogens with zero attached hydrogens (tertiary/aromatic N) is 4. The van der Waals surface area contributed by atoms with Crippen LogP contribution >= 0.6 is 11.3 Å². The van der Waals surface area contributed by atoms with E-state index in [1.807, 2.05) is 29.9 Å². The molecule has 0 unspecified atom stereocenters. The van der Waals surface area contributed by atoms with E-state index in [2.05, 4.69) is 14.9 Å². The van der Waals surface area contributed by atoms with Crippen molar-refractivity contribution >= 4 is 21.5 Å². The van der Waals surface area contributed by atoms with Crippen LogP contribution in [0.5, 0.6) is 0 Å². The third kappa shape index (κ3) is 3.68. The van der Waals surface area contributed by atoms with Crippen molar-refractivity contribution in [2.45, 2.75) is 6.54 Å². The lowest BCUT2D eigenvalue weighted by Crippen LogP contribution is -2.50. The molecule has 0 aromatic carbocycles. The van der Waals surface area contributed by atoms with Gasteiger partial charge in [-0.3, -0.25) is 4.90 Å². The fraction of sp³-hybridized carbons (Fsp3) is 0.385. The van der Waals surface area contributed by atoms with Gasteiger partial charge >= 0.3 is 0 Å². The lowest BCUT2D eigenvalue weighted by Gasteiger charge is -2.32. The zero-order chi connectivity index (χ0) is 15.6. The summed E-state index contributed by atoms with van der Waals surface area (Å²) >= 11 is 1.61. The van der Waals surface area contributed by atoms with Crippen molar-refractivity contribution in [3.8, 4) is 10.7 Å². The molecule has 1 aliphatic rings. The third-order valence-corrected chi connectivity index (χ3v) is 5.49. The molecule has 2 aromatic rings. The van der Waals surface area contributed by atoms with Crippen molar-refractivity contribution in [3.63, 3.8) is 0 Å². The van der Waals surface area contributed by atoms with Gasteiger partial charge in [0.05, 0.1) is 4.88 Å². The zero-order valence-electron chi connectivity index (χ0n) is 11.9. The van der Waals surface area contributed by atoms with E-state index in [-0.39, 0.29) is 0 Å². The molecule has 22 heavy (non-hydrogen) atoms. The molecule has 118 valence electrons. The van der Waals surface area contributed by atoms with Crippen molar-refractivity contribution in [3.05, 3.63) is 35.5 Å². The molecule has 2 aromatic heterocycles. The second kappa shape index (κ2) is 6.39. The Kier molecular flexibility index (Phi) is 4.50. The van der Waals surface area contributed by atoms with E-state index in [1.54, 1.807) is 11.3 Å². The Bertz CT molecular complexity index is 707. The Morgan fingerprint density at radius 3 is 2.41 bits per heavy atom. The molecule has 0 saturated carbocycles. The number of hydrogen-bond acceptors (Lipinski definition) is 6. The van der Waals surface area contributed by atoms with E-state index >= 15 is 0 Å². The van der Waals surface area contributed by atoms with Gasteiger partial charge in [-0.1, -0.05) is 6.07 Å². The Balaban J connectivity index is 1.58. The van der Waals surface area contributed by atoms with Crippen LogP contribution in [-0.2, 0) is 16.8 Å². The van der Waals surface area contributed by atoms with Crippen molar-refractivity contribution in [2.24, 2.45) is 5.14 Å². The topological polar surface area (TPSA) is 92.4 Å². The quantitative estimate of drug-likeness (QED) is 0.877. The summed E-state index contributed by atoms with van der Waals surface area (Å²) in [5, 5.41) is 7.13. The number of aromatic nitrogens is 2. The average molecular weight is 339 g/mol. The van der Waals surface area contributed by atoms with E-state index in [1.165, 1.54) is 4.31 Å². The highest BCUT2D eigenvalue weighted by atomic mass is 32.2. The van der Waals surface area contributed by atoms with Gasteiger partial charge in [0.15, 0.2) is 5.82 Å². The van der Waals surface area contributed by atoms with Crippen LogP contribution in [0.15, 0.2) is 29.9 Å². The van der Waals surface area contributed by atoms with Gasteiger partial charge in [0.1, 0.15) is 0 Å². The van der Waals surface area contributed by atoms with Crippen LogP contribution in [-0.4, -0.2) is 53.8 Å². The highest BCUT2D eigenvalue weighted by Gasteiger charge is 2.23. The van der Waals surface area contributed by atoms with E-state index < -0.39 is 10.2 Å². The zero-order valence-corrected chi connectivity index (χ0v) is 13.6. The second-order valence-corrected chi connectivity index (χ2v) is 7.61. The Morgan fingerprint density at radius 2 is 1.86 bits per heavy atom. The highest BCUT2D eigenvalue weighted by molar-refractivity contribution is 7.86. The summed E-state index contributed by atoms with van der Waals surface area (Å²) in [5.74, 6) is 0.734. The SMILES string of the molecule is NS(=O)(=O)N1CCN(Cc2cnc(-c3cccs3)nc2)CC1. The Hall–Kier alpha value is -1.39. The Morgan fingerprint density at radius 1 is 1.18 bits per heavy atom. The molecule has 1 saturated heterocycles. The largest absolute Gasteiger partial charge is 0.296 e. The molecule has 0 bridgehead atoms. The standard InChI is InChI=1S/C13H17N5O2S2/c14-22(19,20)18-5-3-17(4-6-18)10-11-8-15-13(16-9-11)12-2-1-7-21-12/h1-2,7-9H,3-6,10H2,(H2,14,19,20). The van der Waals surface area contributed by atoms with Gasteiger partial charge in [-0.2, -0.15) is 12.7 Å². The molecule has 1 aliphatic heterocycles. The molecule has 2 N–H and O–H groups in total. The molecule has 3 heterocycles. The van der Waals surface area contributed by atoms with E-state index in [0.29, 0.717) is 32.7 Å². The maximum Gasteiger partial charge on any atom is 0.276 e. The van der Waals surface area contributed by atoms with Crippen LogP contribution in [0, 0.1) is 0 Å². The number of rotatable bonds is 4. The summed E-state index contributed by atoms with van der Waals surface area (Å²) < 4.78 is 23.8. The lowest BCUT2D eigenvalue weighted by atomic mass is 10.2. The van der Waals surface area contributed by atoms with Crippen molar-refractivity contribution in [1.29, 1.82) is 0 Å². The summed E-state index contributed by atoms with van der Waals surface area (Å²) in [7, 11) is -3.57. The lowest BCUT2D eigenvalue weighted by molar-refractivity contribution is 0.181. The fourth-order valence-electron chi connectivity index (χ4n) is 2.37. The predicted octanol–water partition coefficient (Wildman–Crippen LogP) is 0.526. The molecule has 0 atom stereocenters. The first-order valence-electron chi connectivity index (χ1n) is 6.87. The monoisotopic (exact) mass is 339 g/mol. The van der Waals surface area contributed by atoms with Crippen molar-refractivity contribution in [1.82, 2.24) is 19.2 Å². The molecule has 0 aliphatic carbocycles. The predicted molar refractivity (Wildman–Crippen MR) is 85.3 cm³/mol. The number of thiophene rings is 1. The van der Waals surface area contributed by atoms with Crippen LogP contribution in [0.3, 0.4) is 0 Å². The molecular weight excluding hydrogens is 322 g/mol. The van der Waals surface area contributed by atoms with Crippen LogP contribution in [0.25, 0.3) is 10.7 Å². The number of hydrogen-bond donors (Lipinski definition) is 1. The summed E-state index contributed by atoms with van der Waals surface area (Å²) in [6.45, 7) is 2.87. The number of nitrogens with two attached hydrogens (primary N) is 1. The smallest absolute Gasteiger partial charge is 0.276 e. The van der Waals surface area contributed by atoms with Crippen LogP contribution < -0.4 is 5.14 Å². The summed E-state index contributed by atoms with van der Waals surface area (Å²) in [6.07, 6.45) is 3.65. The first kappa shape index (κ1) is 15.5. The van der Waals surface area contributed by atoms with Gasteiger partial charge in [-0.25, -0.2) is 15.1 Å². The molecule has 3 rings (SSSR count). The molecule has 0 radical (unpaired) electrons. The van der Waals surface area contributed by atoms with Crippen molar-refractivity contribution in [2.75, 3.05) is 26.2 Å². The van der Waals surface area contributed by atoms with Gasteiger partial charge < -0.3 is 0 Å². The molecule has 0 spiro atoms. The first-order valence-corrected chi connectivity index (χ1v) is 9.26. The minimum absolute atomic E-state index is 0.424. The minimum atomic E-state index is -3.57. The maximum absolute atomic E-state index is 11.3. The van der Waals surface area contributed by atoms with E-state index in [9.17, 15) is 8.42 Å². The molecule has 0 amide bonds. The second-order valence-electron chi connectivity index (χ2n) is 5.11. The summed E-state index contributed by atoms with van der Waals surface area (Å²) in [6, 6.07) is 3.97. The normalized spacial score (nSPS) is 17.7. The molecule has 7 nitrogen and oxygen atoms in total. The fourth-order valence-corrected chi connectivity index (χ4v) is 3.71. The van der Waals surface area contributed by atoms with Gasteiger partial charge in [0.2, 0.25) is 0 Å². The molecule has 1 fully saturated rings. The van der Waals surface area contributed by atoms with Gasteiger partial charge in [-0.05, 0) is 11.4 Å². The van der Waals surface area contributed by atoms with Crippen LogP contribution in [0.4, 0.5) is 0 Å². The average Bonchev–Trinajstić information content (AvgIpc) is 3.02. The molecule has 9 heteroatoms. The number of piperazine rings is 1. The van der Waals surface area contributed by atoms with Gasteiger partial charge in [-0.15, -0.1) is 11.3 Å². The third-order valence-electron chi connectivity index (χ3n) is 3.54. The van der Waals surface area contributed by atoms with Crippen LogP contribution in [0.1, 0.15) is 5.56 Å².